The molecule has 3 aliphatic rings. The van der Waals surface area contributed by atoms with Crippen LogP contribution in [0.2, 0.25) is 0 Å². The summed E-state index contributed by atoms with van der Waals surface area (Å²) in [5.41, 5.74) is 0. The Labute approximate surface area is 160 Å². The highest BCUT2D eigenvalue weighted by molar-refractivity contribution is 5.88. The summed E-state index contributed by atoms with van der Waals surface area (Å²) in [5.74, 6) is -0.000915. The van der Waals surface area contributed by atoms with Crippen LogP contribution in [-0.2, 0) is 19.1 Å². The summed E-state index contributed by atoms with van der Waals surface area (Å²) in [7, 11) is 1.31. The number of methoxy groups -OCH3 is 1. The van der Waals surface area contributed by atoms with E-state index in [2.05, 4.69) is 16.0 Å². The molecule has 8 heteroatoms. The zero-order valence-corrected chi connectivity index (χ0v) is 16.1. The average Bonchev–Trinajstić information content (AvgIpc) is 3.06. The Kier molecular flexibility index (Phi) is 7.70. The number of rotatable bonds is 5. The number of carbonyl (C=O) groups excluding carboxylic acids is 3. The smallest absolute Gasteiger partial charge is 0.328 e. The number of halogens is 1. The Balaban J connectivity index is 0.00000243. The van der Waals surface area contributed by atoms with Crippen molar-refractivity contribution in [1.82, 2.24) is 16.0 Å². The molecule has 3 fully saturated rings. The second kappa shape index (κ2) is 9.55. The molecule has 1 unspecified atom stereocenters. The monoisotopic (exact) mass is 387 g/mol. The van der Waals surface area contributed by atoms with Crippen molar-refractivity contribution in [2.75, 3.05) is 20.2 Å². The van der Waals surface area contributed by atoms with Crippen molar-refractivity contribution in [3.63, 3.8) is 0 Å². The van der Waals surface area contributed by atoms with Crippen molar-refractivity contribution in [1.29, 1.82) is 0 Å². The number of nitrogens with one attached hydrogen (secondary N) is 3. The summed E-state index contributed by atoms with van der Waals surface area (Å²) in [5, 5.41) is 9.01. The fourth-order valence-corrected chi connectivity index (χ4v) is 4.61. The average molecular weight is 388 g/mol. The number of ether oxygens (including phenoxy) is 1. The molecule has 0 aromatic heterocycles. The molecule has 1 aliphatic carbocycles. The van der Waals surface area contributed by atoms with Gasteiger partial charge in [0, 0.05) is 12.5 Å². The van der Waals surface area contributed by atoms with Crippen molar-refractivity contribution in [2.24, 2.45) is 17.8 Å². The summed E-state index contributed by atoms with van der Waals surface area (Å²) < 4.78 is 4.85. The lowest BCUT2D eigenvalue weighted by molar-refractivity contribution is -0.146. The number of hydrogen-bond donors (Lipinski definition) is 3. The first-order valence-corrected chi connectivity index (χ1v) is 9.49. The van der Waals surface area contributed by atoms with Crippen LogP contribution < -0.4 is 16.0 Å². The number of esters is 1. The van der Waals surface area contributed by atoms with E-state index in [-0.39, 0.29) is 36.2 Å². The van der Waals surface area contributed by atoms with Crippen LogP contribution in [0.1, 0.15) is 44.9 Å². The molecule has 2 saturated heterocycles. The van der Waals surface area contributed by atoms with Gasteiger partial charge in [-0.2, -0.15) is 0 Å². The predicted molar refractivity (Wildman–Crippen MR) is 98.8 cm³/mol. The molecule has 148 valence electrons. The van der Waals surface area contributed by atoms with Gasteiger partial charge in [-0.3, -0.25) is 9.59 Å². The van der Waals surface area contributed by atoms with Gasteiger partial charge in [0.25, 0.3) is 0 Å². The van der Waals surface area contributed by atoms with Crippen molar-refractivity contribution in [3.8, 4) is 0 Å². The first kappa shape index (κ1) is 21.0. The van der Waals surface area contributed by atoms with Crippen molar-refractivity contribution in [3.05, 3.63) is 0 Å². The zero-order valence-electron chi connectivity index (χ0n) is 15.3. The van der Waals surface area contributed by atoms with Crippen molar-refractivity contribution >= 4 is 30.2 Å². The Morgan fingerprint density at radius 1 is 1.23 bits per heavy atom. The standard InChI is InChI=1S/C18H29N3O4.ClH/c1-25-18(24)14(9-11-6-4-8-19-16(11)22)21-17(23)15-13-7-3-2-5-12(13)10-20-15;/h11-15,20H,2-10H2,1H3,(H,19,22)(H,21,23);1H/t11-,12-,13-,14?,15-;/m0./s1. The molecular formula is C18H30ClN3O4. The summed E-state index contributed by atoms with van der Waals surface area (Å²) >= 11 is 0. The van der Waals surface area contributed by atoms with Gasteiger partial charge < -0.3 is 20.7 Å². The summed E-state index contributed by atoms with van der Waals surface area (Å²) in [6.07, 6.45) is 6.56. The van der Waals surface area contributed by atoms with E-state index in [9.17, 15) is 14.4 Å². The summed E-state index contributed by atoms with van der Waals surface area (Å²) in [4.78, 5) is 36.9. The van der Waals surface area contributed by atoms with E-state index < -0.39 is 12.0 Å². The largest absolute Gasteiger partial charge is 0.467 e. The summed E-state index contributed by atoms with van der Waals surface area (Å²) in [6.45, 7) is 1.55. The maximum Gasteiger partial charge on any atom is 0.328 e. The van der Waals surface area contributed by atoms with Gasteiger partial charge in [0.1, 0.15) is 6.04 Å². The molecule has 1 saturated carbocycles. The van der Waals surface area contributed by atoms with Gasteiger partial charge in [0.05, 0.1) is 13.2 Å². The molecule has 5 atom stereocenters. The van der Waals surface area contributed by atoms with E-state index in [0.29, 0.717) is 24.8 Å². The molecule has 0 radical (unpaired) electrons. The molecule has 0 bridgehead atoms. The topological polar surface area (TPSA) is 96.5 Å². The minimum absolute atomic E-state index is 0. The number of fused-ring (bicyclic) bond motifs is 1. The fourth-order valence-electron chi connectivity index (χ4n) is 4.61. The van der Waals surface area contributed by atoms with Gasteiger partial charge in [-0.25, -0.2) is 4.79 Å². The maximum atomic E-state index is 12.8. The van der Waals surface area contributed by atoms with Gasteiger partial charge >= 0.3 is 5.97 Å². The SMILES string of the molecule is COC(=O)C(C[C@@H]1CCCNC1=O)NC(=O)[C@H]1NC[C@@H]2CCCC[C@@H]21.Cl. The predicted octanol–water partition coefficient (Wildman–Crippen LogP) is 0.761. The lowest BCUT2D eigenvalue weighted by Crippen LogP contribution is -2.52. The molecule has 0 aromatic carbocycles. The van der Waals surface area contributed by atoms with Gasteiger partial charge in [0.2, 0.25) is 11.8 Å². The molecule has 3 rings (SSSR count). The van der Waals surface area contributed by atoms with Crippen LogP contribution in [0.3, 0.4) is 0 Å². The van der Waals surface area contributed by atoms with Crippen LogP contribution in [0.4, 0.5) is 0 Å². The molecule has 3 N–H and O–H groups in total. The summed E-state index contributed by atoms with van der Waals surface area (Å²) in [6, 6.07) is -1.01. The van der Waals surface area contributed by atoms with Gasteiger partial charge in [-0.15, -0.1) is 12.4 Å². The first-order valence-electron chi connectivity index (χ1n) is 9.49. The van der Waals surface area contributed by atoms with Crippen molar-refractivity contribution < 1.29 is 19.1 Å². The molecular weight excluding hydrogens is 358 g/mol. The number of amides is 2. The van der Waals surface area contributed by atoms with Crippen LogP contribution >= 0.6 is 12.4 Å². The Bertz CT molecular complexity index is 531. The lowest BCUT2D eigenvalue weighted by atomic mass is 9.78. The van der Waals surface area contributed by atoms with Crippen molar-refractivity contribution in [2.45, 2.75) is 57.0 Å². The van der Waals surface area contributed by atoms with E-state index in [1.807, 2.05) is 0 Å². The van der Waals surface area contributed by atoms with E-state index in [0.717, 1.165) is 32.2 Å². The molecule has 7 nitrogen and oxygen atoms in total. The third kappa shape index (κ3) is 4.68. The highest BCUT2D eigenvalue weighted by Crippen LogP contribution is 2.36. The van der Waals surface area contributed by atoms with Gasteiger partial charge in [-0.05, 0) is 50.5 Å². The normalized spacial score (nSPS) is 31.8. The number of piperidine rings is 1. The second-order valence-corrected chi connectivity index (χ2v) is 7.54. The third-order valence-corrected chi connectivity index (χ3v) is 6.00. The Morgan fingerprint density at radius 2 is 2.00 bits per heavy atom. The van der Waals surface area contributed by atoms with Gasteiger partial charge in [0.15, 0.2) is 0 Å². The van der Waals surface area contributed by atoms with Crippen LogP contribution in [0.5, 0.6) is 0 Å². The van der Waals surface area contributed by atoms with E-state index in [1.165, 1.54) is 20.0 Å². The minimum atomic E-state index is -0.768. The highest BCUT2D eigenvalue weighted by atomic mass is 35.5. The molecule has 26 heavy (non-hydrogen) atoms. The Hall–Kier alpha value is -1.34. The molecule has 0 aromatic rings. The highest BCUT2D eigenvalue weighted by Gasteiger charge is 2.42. The Morgan fingerprint density at radius 3 is 2.73 bits per heavy atom. The van der Waals surface area contributed by atoms with Crippen LogP contribution in [0.15, 0.2) is 0 Å². The van der Waals surface area contributed by atoms with Crippen LogP contribution in [-0.4, -0.2) is 50.1 Å². The minimum Gasteiger partial charge on any atom is -0.467 e. The second-order valence-electron chi connectivity index (χ2n) is 7.54. The molecule has 2 aliphatic heterocycles. The number of hydrogen-bond acceptors (Lipinski definition) is 5. The molecule has 0 spiro atoms. The van der Waals surface area contributed by atoms with Crippen LogP contribution in [0, 0.1) is 17.8 Å². The van der Waals surface area contributed by atoms with E-state index >= 15 is 0 Å². The fraction of sp³-hybridized carbons (Fsp3) is 0.833. The number of carbonyl (C=O) groups is 3. The maximum absolute atomic E-state index is 12.8. The lowest BCUT2D eigenvalue weighted by Gasteiger charge is -2.29. The third-order valence-electron chi connectivity index (χ3n) is 6.00. The van der Waals surface area contributed by atoms with Crippen LogP contribution in [0.25, 0.3) is 0 Å². The molecule has 2 heterocycles. The zero-order chi connectivity index (χ0) is 17.8. The first-order chi connectivity index (χ1) is 12.1. The van der Waals surface area contributed by atoms with Gasteiger partial charge in [-0.1, -0.05) is 12.8 Å². The van der Waals surface area contributed by atoms with E-state index in [1.54, 1.807) is 0 Å². The molecule has 2 amide bonds. The quantitative estimate of drug-likeness (QED) is 0.605. The van der Waals surface area contributed by atoms with E-state index in [4.69, 9.17) is 4.74 Å².